The maximum absolute atomic E-state index is 12.7. The van der Waals surface area contributed by atoms with Crippen LogP contribution >= 0.6 is 0 Å². The highest BCUT2D eigenvalue weighted by molar-refractivity contribution is 5.71. The average molecular weight is 785 g/mol. The number of unbranched alkanes of at least 4 members (excludes halogenated alkanes) is 24. The maximum atomic E-state index is 12.7. The van der Waals surface area contributed by atoms with E-state index in [-0.39, 0.29) is 31.1 Å². The summed E-state index contributed by atoms with van der Waals surface area (Å²) in [5, 5.41) is 0. The molecule has 0 aromatic rings. The van der Waals surface area contributed by atoms with Gasteiger partial charge >= 0.3 is 17.9 Å². The first-order chi connectivity index (χ1) is 27.5. The summed E-state index contributed by atoms with van der Waals surface area (Å²) in [6, 6.07) is 0. The Kier molecular flexibility index (Phi) is 43.0. The molecule has 0 aliphatic heterocycles. The van der Waals surface area contributed by atoms with Crippen molar-refractivity contribution >= 4 is 17.9 Å². The molecule has 6 nitrogen and oxygen atoms in total. The largest absolute Gasteiger partial charge is 0.462 e. The summed E-state index contributed by atoms with van der Waals surface area (Å²) in [6.07, 6.45) is 52.5. The van der Waals surface area contributed by atoms with Crippen molar-refractivity contribution in [3.05, 3.63) is 48.6 Å². The number of carbonyl (C=O) groups excluding carboxylic acids is 3. The molecule has 0 N–H and O–H groups in total. The first-order valence-corrected chi connectivity index (χ1v) is 23.7. The van der Waals surface area contributed by atoms with Crippen molar-refractivity contribution < 1.29 is 28.6 Å². The monoisotopic (exact) mass is 785 g/mol. The molecule has 0 saturated heterocycles. The fourth-order valence-electron chi connectivity index (χ4n) is 6.43. The van der Waals surface area contributed by atoms with E-state index in [1.54, 1.807) is 0 Å². The Morgan fingerprint density at radius 2 is 0.661 bits per heavy atom. The molecule has 0 aliphatic rings. The second-order valence-electron chi connectivity index (χ2n) is 15.7. The second-order valence-corrected chi connectivity index (χ2v) is 15.7. The van der Waals surface area contributed by atoms with E-state index in [9.17, 15) is 14.4 Å². The Bertz CT molecular complexity index is 996. The fraction of sp³-hybridized carbons (Fsp3) is 0.780. The molecule has 324 valence electrons. The molecule has 0 saturated carbocycles. The summed E-state index contributed by atoms with van der Waals surface area (Å²) < 4.78 is 16.6. The van der Waals surface area contributed by atoms with E-state index in [2.05, 4.69) is 69.4 Å². The number of ether oxygens (including phenoxy) is 3. The van der Waals surface area contributed by atoms with Gasteiger partial charge in [0.15, 0.2) is 6.10 Å². The minimum Gasteiger partial charge on any atom is -0.462 e. The van der Waals surface area contributed by atoms with Crippen LogP contribution in [0, 0.1) is 0 Å². The number of hydrogen-bond acceptors (Lipinski definition) is 6. The zero-order valence-corrected chi connectivity index (χ0v) is 36.9. The zero-order valence-electron chi connectivity index (χ0n) is 36.9. The summed E-state index contributed by atoms with van der Waals surface area (Å²) in [7, 11) is 0. The molecule has 1 unspecified atom stereocenters. The SMILES string of the molecule is CCCCCC/C=C\CCCC(=O)OCC(COC(=O)CCCCC/C=C\C=C/CCCCCCCCC)OC(=O)CCCCC/C=C\CCCCCCCC. The van der Waals surface area contributed by atoms with Crippen molar-refractivity contribution in [3.8, 4) is 0 Å². The molecule has 0 spiro atoms. The van der Waals surface area contributed by atoms with Crippen LogP contribution in [0.4, 0.5) is 0 Å². The van der Waals surface area contributed by atoms with E-state index >= 15 is 0 Å². The fourth-order valence-corrected chi connectivity index (χ4v) is 6.43. The number of hydrogen-bond donors (Lipinski definition) is 0. The van der Waals surface area contributed by atoms with Crippen LogP contribution in [0.5, 0.6) is 0 Å². The lowest BCUT2D eigenvalue weighted by Crippen LogP contribution is -2.30. The van der Waals surface area contributed by atoms with Gasteiger partial charge in [-0.25, -0.2) is 0 Å². The Morgan fingerprint density at radius 1 is 0.357 bits per heavy atom. The normalized spacial score (nSPS) is 12.4. The highest BCUT2D eigenvalue weighted by Crippen LogP contribution is 2.12. The smallest absolute Gasteiger partial charge is 0.306 e. The zero-order chi connectivity index (χ0) is 40.8. The van der Waals surface area contributed by atoms with Gasteiger partial charge in [-0.3, -0.25) is 14.4 Å². The first-order valence-electron chi connectivity index (χ1n) is 23.7. The van der Waals surface area contributed by atoms with Crippen molar-refractivity contribution in [1.29, 1.82) is 0 Å². The summed E-state index contributed by atoms with van der Waals surface area (Å²) in [5.74, 6) is -0.978. The molecule has 0 fully saturated rings. The summed E-state index contributed by atoms with van der Waals surface area (Å²) in [4.78, 5) is 37.7. The third-order valence-electron chi connectivity index (χ3n) is 10.1. The molecule has 0 bridgehead atoms. The number of allylic oxidation sites excluding steroid dienone is 8. The summed E-state index contributed by atoms with van der Waals surface area (Å²) in [6.45, 7) is 6.52. The van der Waals surface area contributed by atoms with E-state index in [0.717, 1.165) is 77.0 Å². The number of esters is 3. The first kappa shape index (κ1) is 53.4. The maximum Gasteiger partial charge on any atom is 0.306 e. The van der Waals surface area contributed by atoms with Gasteiger partial charge in [-0.2, -0.15) is 0 Å². The van der Waals surface area contributed by atoms with E-state index in [1.165, 1.54) is 109 Å². The molecule has 0 rings (SSSR count). The van der Waals surface area contributed by atoms with Crippen LogP contribution in [-0.4, -0.2) is 37.2 Å². The van der Waals surface area contributed by atoms with E-state index < -0.39 is 6.10 Å². The van der Waals surface area contributed by atoms with Gasteiger partial charge in [-0.1, -0.05) is 172 Å². The summed E-state index contributed by atoms with van der Waals surface area (Å²) >= 11 is 0. The molecular weight excluding hydrogens is 697 g/mol. The Balaban J connectivity index is 4.43. The Morgan fingerprint density at radius 3 is 1.09 bits per heavy atom. The van der Waals surface area contributed by atoms with Crippen LogP contribution < -0.4 is 0 Å². The summed E-state index contributed by atoms with van der Waals surface area (Å²) in [5.41, 5.74) is 0. The molecule has 0 aromatic carbocycles. The van der Waals surface area contributed by atoms with Crippen LogP contribution in [-0.2, 0) is 28.6 Å². The molecular formula is C50H88O6. The van der Waals surface area contributed by atoms with Gasteiger partial charge < -0.3 is 14.2 Å². The highest BCUT2D eigenvalue weighted by Gasteiger charge is 2.19. The molecule has 56 heavy (non-hydrogen) atoms. The minimum atomic E-state index is -0.799. The topological polar surface area (TPSA) is 78.9 Å². The van der Waals surface area contributed by atoms with Gasteiger partial charge in [0, 0.05) is 19.3 Å². The van der Waals surface area contributed by atoms with Crippen molar-refractivity contribution in [2.45, 2.75) is 239 Å². The molecule has 6 heteroatoms. The van der Waals surface area contributed by atoms with Gasteiger partial charge in [-0.15, -0.1) is 0 Å². The standard InChI is InChI=1S/C50H88O6/c1-4-7-10-13-16-19-21-23-24-25-27-28-31-34-37-40-43-49(52)55-46-47(45-54-48(51)42-39-36-33-30-18-15-12-9-6-3)56-50(53)44-41-38-35-32-29-26-22-20-17-14-11-8-5-2/h24-30,33,47H,4-23,31-32,34-46H2,1-3H3/b25-24-,28-27-,29-26-,33-30-. The average Bonchev–Trinajstić information content (AvgIpc) is 3.19. The molecule has 0 aliphatic carbocycles. The van der Waals surface area contributed by atoms with Crippen LogP contribution in [0.25, 0.3) is 0 Å². The van der Waals surface area contributed by atoms with Crippen molar-refractivity contribution in [2.75, 3.05) is 13.2 Å². The molecule has 0 amide bonds. The van der Waals surface area contributed by atoms with E-state index in [0.29, 0.717) is 25.7 Å². The molecule has 1 atom stereocenters. The highest BCUT2D eigenvalue weighted by atomic mass is 16.6. The Labute approximate surface area is 346 Å². The number of rotatable bonds is 42. The minimum absolute atomic E-state index is 0.101. The lowest BCUT2D eigenvalue weighted by Gasteiger charge is -2.18. The van der Waals surface area contributed by atoms with Gasteiger partial charge in [-0.05, 0) is 89.9 Å². The second kappa shape index (κ2) is 45.1. The van der Waals surface area contributed by atoms with E-state index in [4.69, 9.17) is 14.2 Å². The van der Waals surface area contributed by atoms with Crippen molar-refractivity contribution in [2.24, 2.45) is 0 Å². The van der Waals surface area contributed by atoms with Gasteiger partial charge in [0.25, 0.3) is 0 Å². The van der Waals surface area contributed by atoms with Crippen LogP contribution in [0.15, 0.2) is 48.6 Å². The number of carbonyl (C=O) groups is 3. The lowest BCUT2D eigenvalue weighted by atomic mass is 10.1. The van der Waals surface area contributed by atoms with Crippen LogP contribution in [0.2, 0.25) is 0 Å². The van der Waals surface area contributed by atoms with E-state index in [1.807, 2.05) is 0 Å². The third-order valence-corrected chi connectivity index (χ3v) is 10.1. The lowest BCUT2D eigenvalue weighted by molar-refractivity contribution is -0.167. The molecule has 0 radical (unpaired) electrons. The third kappa shape index (κ3) is 42.5. The quantitative estimate of drug-likeness (QED) is 0.0202. The Hall–Kier alpha value is -2.63. The van der Waals surface area contributed by atoms with Crippen LogP contribution in [0.1, 0.15) is 233 Å². The van der Waals surface area contributed by atoms with Gasteiger partial charge in [0.1, 0.15) is 13.2 Å². The van der Waals surface area contributed by atoms with Crippen molar-refractivity contribution in [3.63, 3.8) is 0 Å². The predicted octanol–water partition coefficient (Wildman–Crippen LogP) is 15.1. The molecule has 0 aromatic heterocycles. The predicted molar refractivity (Wildman–Crippen MR) is 238 cm³/mol. The van der Waals surface area contributed by atoms with Gasteiger partial charge in [0.05, 0.1) is 0 Å². The van der Waals surface area contributed by atoms with Gasteiger partial charge in [0.2, 0.25) is 0 Å². The van der Waals surface area contributed by atoms with Crippen LogP contribution in [0.3, 0.4) is 0 Å². The molecule has 0 heterocycles. The van der Waals surface area contributed by atoms with Crippen molar-refractivity contribution in [1.82, 2.24) is 0 Å².